The summed E-state index contributed by atoms with van der Waals surface area (Å²) in [7, 11) is 1.55. The van der Waals surface area contributed by atoms with E-state index in [0.717, 1.165) is 44.4 Å². The van der Waals surface area contributed by atoms with Crippen molar-refractivity contribution in [3.05, 3.63) is 0 Å². The molecular weight excluding hydrogens is 408 g/mol. The molecule has 8 unspecified atom stereocenters. The molecule has 0 heterocycles. The largest absolute Gasteiger partial charge is 0.469 e. The fourth-order valence-corrected chi connectivity index (χ4v) is 11.0. The molecule has 0 radical (unpaired) electrons. The van der Waals surface area contributed by atoms with E-state index in [2.05, 4.69) is 41.5 Å². The van der Waals surface area contributed by atoms with Crippen molar-refractivity contribution >= 4 is 11.8 Å². The van der Waals surface area contributed by atoms with Gasteiger partial charge in [0.25, 0.3) is 0 Å². The maximum atomic E-state index is 14.2. The van der Waals surface area contributed by atoms with Crippen LogP contribution in [0.4, 0.5) is 0 Å². The molecule has 186 valence electrons. The molecule has 0 N–H and O–H groups in total. The van der Waals surface area contributed by atoms with Gasteiger partial charge in [-0.3, -0.25) is 9.59 Å². The molecule has 0 aromatic rings. The first-order valence-electron chi connectivity index (χ1n) is 13.9. The number of esters is 1. The van der Waals surface area contributed by atoms with Crippen molar-refractivity contribution in [2.24, 2.45) is 56.7 Å². The quantitative estimate of drug-likeness (QED) is 0.391. The number of ketones is 1. The molecule has 5 fully saturated rings. The lowest BCUT2D eigenvalue weighted by Crippen LogP contribution is -2.65. The van der Waals surface area contributed by atoms with Crippen LogP contribution in [0.5, 0.6) is 0 Å². The monoisotopic (exact) mass is 456 g/mol. The Balaban J connectivity index is 1.55. The highest BCUT2D eigenvalue weighted by Gasteiger charge is 2.68. The Morgan fingerprint density at radius 2 is 1.55 bits per heavy atom. The number of methoxy groups -OCH3 is 1. The van der Waals surface area contributed by atoms with Crippen molar-refractivity contribution in [2.45, 2.75) is 112 Å². The van der Waals surface area contributed by atoms with Crippen LogP contribution in [0.3, 0.4) is 0 Å². The van der Waals surface area contributed by atoms with Crippen LogP contribution in [0.1, 0.15) is 112 Å². The second-order valence-corrected chi connectivity index (χ2v) is 15.0. The summed E-state index contributed by atoms with van der Waals surface area (Å²) in [5, 5.41) is 0. The van der Waals surface area contributed by atoms with Crippen molar-refractivity contribution < 1.29 is 14.3 Å². The van der Waals surface area contributed by atoms with Gasteiger partial charge in [-0.2, -0.15) is 0 Å². The first kappa shape index (κ1) is 23.9. The molecule has 0 bridgehead atoms. The number of carbonyl (C=O) groups is 2. The molecule has 5 rings (SSSR count). The summed E-state index contributed by atoms with van der Waals surface area (Å²) in [6.45, 7) is 14.8. The topological polar surface area (TPSA) is 43.4 Å². The summed E-state index contributed by atoms with van der Waals surface area (Å²) in [5.74, 6) is 2.33. The van der Waals surface area contributed by atoms with Gasteiger partial charge in [0.2, 0.25) is 0 Å². The molecule has 0 aliphatic heterocycles. The summed E-state index contributed by atoms with van der Waals surface area (Å²) in [4.78, 5) is 27.4. The van der Waals surface area contributed by atoms with Gasteiger partial charge in [0, 0.05) is 12.3 Å². The normalized spacial score (nSPS) is 50.3. The van der Waals surface area contributed by atoms with E-state index in [4.69, 9.17) is 4.74 Å². The van der Waals surface area contributed by atoms with Crippen LogP contribution in [-0.2, 0) is 14.3 Å². The van der Waals surface area contributed by atoms with E-state index in [0.29, 0.717) is 23.0 Å². The van der Waals surface area contributed by atoms with Gasteiger partial charge >= 0.3 is 5.97 Å². The van der Waals surface area contributed by atoms with E-state index in [1.54, 1.807) is 7.11 Å². The number of carbonyl (C=O) groups excluding carboxylic acids is 2. The molecule has 5 saturated carbocycles. The first-order chi connectivity index (χ1) is 15.3. The number of hydrogen-bond donors (Lipinski definition) is 0. The molecule has 0 spiro atoms. The molecule has 5 aliphatic rings. The van der Waals surface area contributed by atoms with Crippen LogP contribution in [0, 0.1) is 56.7 Å². The first-order valence-corrected chi connectivity index (χ1v) is 13.9. The smallest absolute Gasteiger partial charge is 0.312 e. The molecule has 5 aliphatic carbocycles. The fourth-order valence-electron chi connectivity index (χ4n) is 11.0. The van der Waals surface area contributed by atoms with Crippen molar-refractivity contribution in [2.75, 3.05) is 7.11 Å². The lowest BCUT2D eigenvalue weighted by molar-refractivity contribution is -0.210. The van der Waals surface area contributed by atoms with E-state index in [1.807, 2.05) is 0 Å². The zero-order valence-electron chi connectivity index (χ0n) is 22.4. The number of hydrogen-bond acceptors (Lipinski definition) is 3. The predicted octanol–water partition coefficient (Wildman–Crippen LogP) is 7.22. The minimum Gasteiger partial charge on any atom is -0.469 e. The molecule has 0 aromatic heterocycles. The van der Waals surface area contributed by atoms with Crippen LogP contribution in [0.15, 0.2) is 0 Å². The number of fused-ring (bicyclic) bond motifs is 7. The molecule has 0 amide bonds. The third-order valence-corrected chi connectivity index (χ3v) is 12.6. The van der Waals surface area contributed by atoms with Gasteiger partial charge in [0.15, 0.2) is 0 Å². The SMILES string of the molecule is COC(=O)C12CCC3C(C(=O)CC4C3(C)CCC3C(C)(C)CCCC34C)C1CC(C)(C)CC2. The summed E-state index contributed by atoms with van der Waals surface area (Å²) in [6, 6.07) is 0. The maximum Gasteiger partial charge on any atom is 0.312 e. The fraction of sp³-hybridized carbons (Fsp3) is 0.933. The average Bonchev–Trinajstić information content (AvgIpc) is 2.73. The Morgan fingerprint density at radius 3 is 2.24 bits per heavy atom. The summed E-state index contributed by atoms with van der Waals surface area (Å²) in [5.41, 5.74) is 0.644. The van der Waals surface area contributed by atoms with Crippen molar-refractivity contribution in [3.63, 3.8) is 0 Å². The van der Waals surface area contributed by atoms with E-state index in [-0.39, 0.29) is 34.1 Å². The number of rotatable bonds is 1. The van der Waals surface area contributed by atoms with Crippen LogP contribution >= 0.6 is 0 Å². The van der Waals surface area contributed by atoms with Crippen molar-refractivity contribution in [1.82, 2.24) is 0 Å². The Morgan fingerprint density at radius 1 is 0.818 bits per heavy atom. The second-order valence-electron chi connectivity index (χ2n) is 15.0. The number of ether oxygens (including phenoxy) is 1. The second kappa shape index (κ2) is 7.33. The third kappa shape index (κ3) is 3.18. The zero-order chi connectivity index (χ0) is 24.0. The highest BCUT2D eigenvalue weighted by Crippen LogP contribution is 2.72. The van der Waals surface area contributed by atoms with Crippen LogP contribution in [-0.4, -0.2) is 18.9 Å². The predicted molar refractivity (Wildman–Crippen MR) is 131 cm³/mol. The maximum absolute atomic E-state index is 14.2. The minimum absolute atomic E-state index is 0.0359. The van der Waals surface area contributed by atoms with E-state index >= 15 is 0 Å². The Bertz CT molecular complexity index is 841. The zero-order valence-corrected chi connectivity index (χ0v) is 22.4. The van der Waals surface area contributed by atoms with Gasteiger partial charge < -0.3 is 4.74 Å². The summed E-state index contributed by atoms with van der Waals surface area (Å²) in [6.07, 6.45) is 12.1. The summed E-state index contributed by atoms with van der Waals surface area (Å²) < 4.78 is 5.42. The molecule has 3 heteroatoms. The van der Waals surface area contributed by atoms with E-state index in [9.17, 15) is 9.59 Å². The summed E-state index contributed by atoms with van der Waals surface area (Å²) >= 11 is 0. The Labute approximate surface area is 202 Å². The average molecular weight is 457 g/mol. The standard InChI is InChI=1S/C30H48O3/c1-26(2)15-16-30(25(32)33-7)14-9-19-24(20(30)18-26)21(31)17-23-28(19,5)13-10-22-27(3,4)11-8-12-29(22,23)6/h19-20,22-24H,8-18H2,1-7H3. The molecule has 0 aromatic carbocycles. The molecule has 33 heavy (non-hydrogen) atoms. The lowest BCUT2D eigenvalue weighted by atomic mass is 9.35. The van der Waals surface area contributed by atoms with Gasteiger partial charge in [0.05, 0.1) is 12.5 Å². The number of Topliss-reactive ketones (excluding diaryl/α,β-unsaturated/α-hetero) is 1. The van der Waals surface area contributed by atoms with Crippen molar-refractivity contribution in [1.29, 1.82) is 0 Å². The minimum atomic E-state index is -0.432. The molecular formula is C30H48O3. The molecule has 0 saturated heterocycles. The molecule has 3 nitrogen and oxygen atoms in total. The Kier molecular flexibility index (Phi) is 5.30. The van der Waals surface area contributed by atoms with Gasteiger partial charge in [-0.1, -0.05) is 48.0 Å². The highest BCUT2D eigenvalue weighted by atomic mass is 16.5. The Hall–Kier alpha value is -0.860. The van der Waals surface area contributed by atoms with Gasteiger partial charge in [-0.15, -0.1) is 0 Å². The van der Waals surface area contributed by atoms with Crippen LogP contribution < -0.4 is 0 Å². The van der Waals surface area contributed by atoms with Gasteiger partial charge in [0.1, 0.15) is 5.78 Å². The van der Waals surface area contributed by atoms with Gasteiger partial charge in [-0.25, -0.2) is 0 Å². The lowest BCUT2D eigenvalue weighted by Gasteiger charge is -2.69. The highest BCUT2D eigenvalue weighted by molar-refractivity contribution is 5.86. The van der Waals surface area contributed by atoms with Crippen LogP contribution in [0.2, 0.25) is 0 Å². The van der Waals surface area contributed by atoms with Crippen molar-refractivity contribution in [3.8, 4) is 0 Å². The third-order valence-electron chi connectivity index (χ3n) is 12.6. The van der Waals surface area contributed by atoms with Crippen LogP contribution in [0.25, 0.3) is 0 Å². The van der Waals surface area contributed by atoms with E-state index < -0.39 is 5.41 Å². The molecule has 8 atom stereocenters. The van der Waals surface area contributed by atoms with Gasteiger partial charge in [-0.05, 0) is 103 Å². The van der Waals surface area contributed by atoms with E-state index in [1.165, 1.54) is 32.1 Å².